The summed E-state index contributed by atoms with van der Waals surface area (Å²) < 4.78 is 5.36. The first kappa shape index (κ1) is 12.3. The summed E-state index contributed by atoms with van der Waals surface area (Å²) in [4.78, 5) is 10.7. The van der Waals surface area contributed by atoms with Crippen molar-refractivity contribution in [1.29, 1.82) is 0 Å². The van der Waals surface area contributed by atoms with E-state index in [-0.39, 0.29) is 5.37 Å². The van der Waals surface area contributed by atoms with Gasteiger partial charge in [-0.05, 0) is 31.2 Å². The van der Waals surface area contributed by atoms with Gasteiger partial charge >= 0.3 is 0 Å². The Hall–Kier alpha value is -1.20. The maximum Gasteiger partial charge on any atom is 0.159 e. The number of carbonyl (C=O) groups is 1. The van der Waals surface area contributed by atoms with E-state index in [1.807, 2.05) is 36.5 Å². The van der Waals surface area contributed by atoms with Gasteiger partial charge in [-0.25, -0.2) is 0 Å². The van der Waals surface area contributed by atoms with Crippen LogP contribution in [0.5, 0.6) is 5.75 Å². The molecule has 0 unspecified atom stereocenters. The Morgan fingerprint density at radius 2 is 2.24 bits per heavy atom. The van der Waals surface area contributed by atoms with E-state index in [1.54, 1.807) is 11.8 Å². The molecule has 1 fully saturated rings. The Morgan fingerprint density at radius 3 is 2.76 bits per heavy atom. The Labute approximate surface area is 104 Å². The first-order valence-corrected chi connectivity index (χ1v) is 6.65. The van der Waals surface area contributed by atoms with Gasteiger partial charge < -0.3 is 20.0 Å². The third-order valence-corrected chi connectivity index (χ3v) is 4.02. The van der Waals surface area contributed by atoms with Crippen molar-refractivity contribution in [2.75, 3.05) is 12.4 Å². The summed E-state index contributed by atoms with van der Waals surface area (Å²) in [6.07, 6.45) is 0. The van der Waals surface area contributed by atoms with Gasteiger partial charge in [-0.15, -0.1) is 0 Å². The van der Waals surface area contributed by atoms with Gasteiger partial charge in [0.25, 0.3) is 0 Å². The van der Waals surface area contributed by atoms with Gasteiger partial charge in [-0.3, -0.25) is 0 Å². The van der Waals surface area contributed by atoms with Gasteiger partial charge in [0, 0.05) is 5.56 Å². The molecule has 2 atom stereocenters. The number of rotatable bonds is 4. The minimum atomic E-state index is -0.981. The van der Waals surface area contributed by atoms with Gasteiger partial charge in [0.15, 0.2) is 5.37 Å². The third-order valence-electron chi connectivity index (χ3n) is 2.68. The molecule has 1 saturated heterocycles. The fraction of sp³-hybridized carbons (Fsp3) is 0.417. The predicted octanol–water partition coefficient (Wildman–Crippen LogP) is -0.487. The number of hydrogen-bond donors (Lipinski definition) is 1. The zero-order valence-corrected chi connectivity index (χ0v) is 10.4. The third kappa shape index (κ3) is 2.92. The van der Waals surface area contributed by atoms with Crippen molar-refractivity contribution in [1.82, 2.24) is 0 Å². The van der Waals surface area contributed by atoms with Crippen LogP contribution in [0.25, 0.3) is 0 Å². The lowest BCUT2D eigenvalue weighted by molar-refractivity contribution is -0.690. The highest BCUT2D eigenvalue weighted by Crippen LogP contribution is 2.27. The largest absolute Gasteiger partial charge is 0.544 e. The van der Waals surface area contributed by atoms with Crippen LogP contribution in [0.4, 0.5) is 0 Å². The monoisotopic (exact) mass is 253 g/mol. The summed E-state index contributed by atoms with van der Waals surface area (Å²) in [6.45, 7) is 2.59. The lowest BCUT2D eigenvalue weighted by Crippen LogP contribution is -2.90. The second-order valence-corrected chi connectivity index (χ2v) is 5.05. The second-order valence-electron chi connectivity index (χ2n) is 3.87. The van der Waals surface area contributed by atoms with E-state index in [0.717, 1.165) is 11.3 Å². The zero-order chi connectivity index (χ0) is 12.3. The zero-order valence-electron chi connectivity index (χ0n) is 9.59. The SMILES string of the molecule is CCOc1ccc([C@H]2[NH2+][C@@H](C(=O)[O-])CS2)cc1. The molecule has 0 saturated carbocycles. The van der Waals surface area contributed by atoms with E-state index in [1.165, 1.54) is 0 Å². The van der Waals surface area contributed by atoms with Crippen LogP contribution in [0.1, 0.15) is 17.9 Å². The molecule has 0 amide bonds. The molecule has 1 aromatic carbocycles. The number of ether oxygens (including phenoxy) is 1. The van der Waals surface area contributed by atoms with Crippen molar-refractivity contribution in [2.24, 2.45) is 0 Å². The van der Waals surface area contributed by atoms with E-state index in [9.17, 15) is 9.90 Å². The number of quaternary nitrogens is 1. The average Bonchev–Trinajstić information content (AvgIpc) is 2.80. The fourth-order valence-corrected chi connectivity index (χ4v) is 3.12. The van der Waals surface area contributed by atoms with Gasteiger partial charge in [0.1, 0.15) is 17.8 Å². The molecular weight excluding hydrogens is 238 g/mol. The number of thioether (sulfide) groups is 1. The molecule has 0 aromatic heterocycles. The average molecular weight is 253 g/mol. The van der Waals surface area contributed by atoms with E-state index in [0.29, 0.717) is 12.4 Å². The van der Waals surface area contributed by atoms with E-state index >= 15 is 0 Å². The minimum absolute atomic E-state index is 0.147. The molecule has 0 radical (unpaired) electrons. The number of carbonyl (C=O) groups excluding carboxylic acids is 1. The molecule has 1 aliphatic heterocycles. The highest BCUT2D eigenvalue weighted by molar-refractivity contribution is 7.99. The van der Waals surface area contributed by atoms with Gasteiger partial charge in [0.05, 0.1) is 12.4 Å². The number of carboxylic acids is 1. The van der Waals surface area contributed by atoms with Crippen LogP contribution in [-0.4, -0.2) is 24.4 Å². The maximum atomic E-state index is 10.7. The summed E-state index contributed by atoms with van der Waals surface area (Å²) in [5.74, 6) is 0.460. The van der Waals surface area contributed by atoms with Crippen molar-refractivity contribution in [3.8, 4) is 5.75 Å². The smallest absolute Gasteiger partial charge is 0.159 e. The Kier molecular flexibility index (Phi) is 3.91. The van der Waals surface area contributed by atoms with Crippen molar-refractivity contribution >= 4 is 17.7 Å². The number of carboxylic acid groups (broad SMARTS) is 1. The van der Waals surface area contributed by atoms with Gasteiger partial charge in [-0.1, -0.05) is 11.8 Å². The quantitative estimate of drug-likeness (QED) is 0.786. The lowest BCUT2D eigenvalue weighted by atomic mass is 10.2. The van der Waals surface area contributed by atoms with E-state index in [4.69, 9.17) is 4.74 Å². The summed E-state index contributed by atoms with van der Waals surface area (Å²) in [6, 6.07) is 7.36. The molecule has 0 aliphatic carbocycles. The maximum absolute atomic E-state index is 10.7. The van der Waals surface area contributed by atoms with Crippen LogP contribution in [0.2, 0.25) is 0 Å². The molecule has 4 nitrogen and oxygen atoms in total. The van der Waals surface area contributed by atoms with Crippen LogP contribution in [0, 0.1) is 0 Å². The molecule has 17 heavy (non-hydrogen) atoms. The van der Waals surface area contributed by atoms with E-state index in [2.05, 4.69) is 0 Å². The molecular formula is C12H15NO3S. The van der Waals surface area contributed by atoms with Crippen LogP contribution in [0.3, 0.4) is 0 Å². The molecule has 2 rings (SSSR count). The molecule has 0 spiro atoms. The fourth-order valence-electron chi connectivity index (χ4n) is 1.80. The highest BCUT2D eigenvalue weighted by Gasteiger charge is 2.30. The van der Waals surface area contributed by atoms with Gasteiger partial charge in [-0.2, -0.15) is 0 Å². The normalized spacial score (nSPS) is 23.6. The molecule has 92 valence electrons. The Balaban J connectivity index is 2.01. The molecule has 1 aromatic rings. The number of aliphatic carboxylic acids is 1. The molecule has 1 aliphatic rings. The molecule has 0 bridgehead atoms. The Morgan fingerprint density at radius 1 is 1.53 bits per heavy atom. The molecule has 5 heteroatoms. The summed E-state index contributed by atoms with van der Waals surface area (Å²) in [7, 11) is 0. The topological polar surface area (TPSA) is 66.0 Å². The first-order valence-electron chi connectivity index (χ1n) is 5.61. The Bertz CT molecular complexity index is 393. The molecule has 1 heterocycles. The standard InChI is InChI=1S/C12H15NO3S/c1-2-16-9-5-3-8(4-6-9)11-13-10(7-17-11)12(14)15/h3-6,10-11,13H,2,7H2,1H3,(H,14,15)/t10-,11+/m1/s1. The highest BCUT2D eigenvalue weighted by atomic mass is 32.2. The van der Waals surface area contributed by atoms with Crippen LogP contribution in [-0.2, 0) is 4.79 Å². The van der Waals surface area contributed by atoms with Crippen LogP contribution < -0.4 is 15.2 Å². The van der Waals surface area contributed by atoms with Crippen LogP contribution in [0.15, 0.2) is 24.3 Å². The number of nitrogens with two attached hydrogens (primary N) is 1. The molecule has 2 N–H and O–H groups in total. The number of hydrogen-bond acceptors (Lipinski definition) is 4. The lowest BCUT2D eigenvalue weighted by Gasteiger charge is -2.11. The number of benzene rings is 1. The first-order chi connectivity index (χ1) is 8.20. The van der Waals surface area contributed by atoms with E-state index < -0.39 is 12.0 Å². The van der Waals surface area contributed by atoms with Crippen molar-refractivity contribution in [2.45, 2.75) is 18.3 Å². The van der Waals surface area contributed by atoms with Crippen molar-refractivity contribution < 1.29 is 20.0 Å². The summed E-state index contributed by atoms with van der Waals surface area (Å²) in [5, 5.41) is 12.7. The second kappa shape index (κ2) is 5.42. The van der Waals surface area contributed by atoms with Crippen molar-refractivity contribution in [3.63, 3.8) is 0 Å². The summed E-state index contributed by atoms with van der Waals surface area (Å²) in [5.41, 5.74) is 1.11. The summed E-state index contributed by atoms with van der Waals surface area (Å²) >= 11 is 1.63. The van der Waals surface area contributed by atoms with Gasteiger partial charge in [0.2, 0.25) is 0 Å². The minimum Gasteiger partial charge on any atom is -0.544 e. The predicted molar refractivity (Wildman–Crippen MR) is 63.5 cm³/mol. The van der Waals surface area contributed by atoms with Crippen LogP contribution >= 0.6 is 11.8 Å². The van der Waals surface area contributed by atoms with Crippen molar-refractivity contribution in [3.05, 3.63) is 29.8 Å².